The second kappa shape index (κ2) is 8.75. The maximum Gasteiger partial charge on any atom is 0.273 e. The summed E-state index contributed by atoms with van der Waals surface area (Å²) in [6, 6.07) is 16.5. The lowest BCUT2D eigenvalue weighted by molar-refractivity contribution is -0.385. The standard InChI is InChI=1S/C22H17N3O5/c1-14-3-4-15(12-20(14)25(27)28)21-10-9-19(30-21)11-16(13-23)22(26)24-17-5-7-18(29-2)8-6-17/h3-12H,1-2H3,(H,24,26)/b16-11-. The van der Waals surface area contributed by atoms with Crippen molar-refractivity contribution in [2.45, 2.75) is 6.92 Å². The van der Waals surface area contributed by atoms with Gasteiger partial charge in [-0.05, 0) is 43.3 Å². The first-order valence-corrected chi connectivity index (χ1v) is 8.83. The number of nitriles is 1. The number of ether oxygens (including phenoxy) is 1. The Balaban J connectivity index is 1.81. The van der Waals surface area contributed by atoms with Crippen LogP contribution < -0.4 is 10.1 Å². The van der Waals surface area contributed by atoms with E-state index in [4.69, 9.17) is 9.15 Å². The molecular weight excluding hydrogens is 386 g/mol. The van der Waals surface area contributed by atoms with Crippen molar-refractivity contribution in [3.05, 3.63) is 81.6 Å². The van der Waals surface area contributed by atoms with Crippen molar-refractivity contribution >= 4 is 23.4 Å². The fourth-order valence-corrected chi connectivity index (χ4v) is 2.71. The summed E-state index contributed by atoms with van der Waals surface area (Å²) >= 11 is 0. The monoisotopic (exact) mass is 403 g/mol. The lowest BCUT2D eigenvalue weighted by atomic mass is 10.1. The number of amides is 1. The van der Waals surface area contributed by atoms with Crippen molar-refractivity contribution in [3.8, 4) is 23.1 Å². The Morgan fingerprint density at radius 1 is 1.20 bits per heavy atom. The van der Waals surface area contributed by atoms with Crippen molar-refractivity contribution < 1.29 is 18.9 Å². The average molecular weight is 403 g/mol. The number of methoxy groups -OCH3 is 1. The molecule has 8 heteroatoms. The van der Waals surface area contributed by atoms with E-state index in [1.807, 2.05) is 6.07 Å². The third-order valence-electron chi connectivity index (χ3n) is 4.32. The number of anilines is 1. The van der Waals surface area contributed by atoms with E-state index in [2.05, 4.69) is 5.32 Å². The predicted octanol–water partition coefficient (Wildman–Crippen LogP) is 4.72. The van der Waals surface area contributed by atoms with Crippen LogP contribution in [0, 0.1) is 28.4 Å². The highest BCUT2D eigenvalue weighted by atomic mass is 16.6. The van der Waals surface area contributed by atoms with E-state index in [9.17, 15) is 20.2 Å². The number of hydrogen-bond acceptors (Lipinski definition) is 6. The van der Waals surface area contributed by atoms with Gasteiger partial charge < -0.3 is 14.5 Å². The SMILES string of the molecule is COc1ccc(NC(=O)/C(C#N)=C\c2ccc(-c3ccc(C)c([N+](=O)[O-])c3)o2)cc1. The molecule has 0 saturated carbocycles. The van der Waals surface area contributed by atoms with Crippen LogP contribution >= 0.6 is 0 Å². The van der Waals surface area contributed by atoms with Gasteiger partial charge in [-0.25, -0.2) is 0 Å². The van der Waals surface area contributed by atoms with Gasteiger partial charge in [0.15, 0.2) is 0 Å². The van der Waals surface area contributed by atoms with Crippen LogP contribution in [0.5, 0.6) is 5.75 Å². The van der Waals surface area contributed by atoms with Crippen LogP contribution in [0.1, 0.15) is 11.3 Å². The lowest BCUT2D eigenvalue weighted by Gasteiger charge is -2.05. The molecule has 0 fully saturated rings. The van der Waals surface area contributed by atoms with Crippen molar-refractivity contribution in [1.29, 1.82) is 5.26 Å². The smallest absolute Gasteiger partial charge is 0.273 e. The van der Waals surface area contributed by atoms with E-state index in [0.717, 1.165) is 0 Å². The van der Waals surface area contributed by atoms with Gasteiger partial charge in [0.2, 0.25) is 0 Å². The van der Waals surface area contributed by atoms with Gasteiger partial charge in [0.25, 0.3) is 11.6 Å². The van der Waals surface area contributed by atoms with Gasteiger partial charge >= 0.3 is 0 Å². The summed E-state index contributed by atoms with van der Waals surface area (Å²) in [5.41, 5.74) is 1.40. The van der Waals surface area contributed by atoms with Crippen LogP contribution in [0.15, 0.2) is 64.6 Å². The number of nitro benzene ring substituents is 1. The van der Waals surface area contributed by atoms with Gasteiger partial charge in [0, 0.05) is 29.0 Å². The van der Waals surface area contributed by atoms with Crippen LogP contribution in [-0.2, 0) is 4.79 Å². The molecule has 1 N–H and O–H groups in total. The fraction of sp³-hybridized carbons (Fsp3) is 0.0909. The second-order valence-electron chi connectivity index (χ2n) is 6.31. The summed E-state index contributed by atoms with van der Waals surface area (Å²) in [5, 5.41) is 23.1. The number of aryl methyl sites for hydroxylation is 1. The minimum absolute atomic E-state index is 0.0161. The number of benzene rings is 2. The quantitative estimate of drug-likeness (QED) is 0.275. The van der Waals surface area contributed by atoms with Gasteiger partial charge in [-0.15, -0.1) is 0 Å². The average Bonchev–Trinajstić information content (AvgIpc) is 3.21. The number of rotatable bonds is 6. The van der Waals surface area contributed by atoms with Crippen LogP contribution in [0.2, 0.25) is 0 Å². The number of carbonyl (C=O) groups is 1. The zero-order chi connectivity index (χ0) is 21.7. The maximum atomic E-state index is 12.4. The normalized spacial score (nSPS) is 10.9. The summed E-state index contributed by atoms with van der Waals surface area (Å²) < 4.78 is 10.7. The van der Waals surface area contributed by atoms with E-state index in [1.165, 1.54) is 19.3 Å². The summed E-state index contributed by atoms with van der Waals surface area (Å²) in [6.45, 7) is 1.65. The lowest BCUT2D eigenvalue weighted by Crippen LogP contribution is -2.13. The Hall–Kier alpha value is -4.38. The first-order valence-electron chi connectivity index (χ1n) is 8.83. The summed E-state index contributed by atoms with van der Waals surface area (Å²) in [7, 11) is 1.54. The molecule has 150 valence electrons. The van der Waals surface area contributed by atoms with Crippen LogP contribution in [0.25, 0.3) is 17.4 Å². The summed E-state index contributed by atoms with van der Waals surface area (Å²) in [4.78, 5) is 23.1. The Labute approximate surface area is 172 Å². The highest BCUT2D eigenvalue weighted by molar-refractivity contribution is 6.09. The molecule has 0 spiro atoms. The molecule has 0 atom stereocenters. The Kier molecular flexibility index (Phi) is 5.94. The molecule has 2 aromatic carbocycles. The number of carbonyl (C=O) groups excluding carboxylic acids is 1. The molecule has 0 saturated heterocycles. The third-order valence-corrected chi connectivity index (χ3v) is 4.32. The van der Waals surface area contributed by atoms with E-state index < -0.39 is 10.8 Å². The topological polar surface area (TPSA) is 118 Å². The molecule has 0 aliphatic rings. The Morgan fingerprint density at radius 2 is 1.93 bits per heavy atom. The zero-order valence-electron chi connectivity index (χ0n) is 16.2. The summed E-state index contributed by atoms with van der Waals surface area (Å²) in [6.07, 6.45) is 1.31. The fourth-order valence-electron chi connectivity index (χ4n) is 2.71. The van der Waals surface area contributed by atoms with E-state index in [1.54, 1.807) is 55.5 Å². The van der Waals surface area contributed by atoms with Gasteiger partial charge in [-0.2, -0.15) is 5.26 Å². The number of hydrogen-bond donors (Lipinski definition) is 1. The molecule has 8 nitrogen and oxygen atoms in total. The van der Waals surface area contributed by atoms with Crippen LogP contribution in [0.4, 0.5) is 11.4 Å². The first-order chi connectivity index (χ1) is 14.4. The highest BCUT2D eigenvalue weighted by Crippen LogP contribution is 2.29. The Morgan fingerprint density at radius 3 is 2.57 bits per heavy atom. The largest absolute Gasteiger partial charge is 0.497 e. The molecule has 0 bridgehead atoms. The third kappa shape index (κ3) is 4.54. The Bertz CT molecular complexity index is 1170. The molecule has 30 heavy (non-hydrogen) atoms. The minimum atomic E-state index is -0.591. The molecular formula is C22H17N3O5. The molecule has 0 unspecified atom stereocenters. The zero-order valence-corrected chi connectivity index (χ0v) is 16.2. The number of nitrogens with zero attached hydrogens (tertiary/aromatic N) is 2. The number of furan rings is 1. The van der Waals surface area contributed by atoms with Crippen molar-refractivity contribution in [1.82, 2.24) is 0 Å². The van der Waals surface area contributed by atoms with Gasteiger partial charge in [0.05, 0.1) is 12.0 Å². The number of nitro groups is 1. The van der Waals surface area contributed by atoms with Gasteiger partial charge in [-0.1, -0.05) is 12.1 Å². The molecule has 1 amide bonds. The molecule has 0 aliphatic heterocycles. The van der Waals surface area contributed by atoms with E-state index in [-0.39, 0.29) is 17.0 Å². The molecule has 1 heterocycles. The first kappa shape index (κ1) is 20.4. The van der Waals surface area contributed by atoms with Crippen molar-refractivity contribution in [2.24, 2.45) is 0 Å². The molecule has 1 aromatic heterocycles. The van der Waals surface area contributed by atoms with Crippen LogP contribution in [0.3, 0.4) is 0 Å². The van der Waals surface area contributed by atoms with Crippen LogP contribution in [-0.4, -0.2) is 17.9 Å². The predicted molar refractivity (Wildman–Crippen MR) is 111 cm³/mol. The molecule has 0 aliphatic carbocycles. The minimum Gasteiger partial charge on any atom is -0.497 e. The van der Waals surface area contributed by atoms with E-state index >= 15 is 0 Å². The second-order valence-corrected chi connectivity index (χ2v) is 6.31. The van der Waals surface area contributed by atoms with Crippen molar-refractivity contribution in [3.63, 3.8) is 0 Å². The molecule has 3 aromatic rings. The van der Waals surface area contributed by atoms with E-state index in [0.29, 0.717) is 28.3 Å². The molecule has 3 rings (SSSR count). The van der Waals surface area contributed by atoms with Gasteiger partial charge in [0.1, 0.15) is 28.9 Å². The number of nitrogens with one attached hydrogen (secondary N) is 1. The summed E-state index contributed by atoms with van der Waals surface area (Å²) in [5.74, 6) is 0.710. The highest BCUT2D eigenvalue weighted by Gasteiger charge is 2.15. The van der Waals surface area contributed by atoms with Gasteiger partial charge in [-0.3, -0.25) is 14.9 Å². The van der Waals surface area contributed by atoms with Crippen molar-refractivity contribution in [2.75, 3.05) is 12.4 Å². The molecule has 0 radical (unpaired) electrons. The maximum absolute atomic E-state index is 12.4.